The lowest BCUT2D eigenvalue weighted by Crippen LogP contribution is -2.14. The molecule has 0 saturated carbocycles. The number of hydrogen-bond acceptors (Lipinski definition) is 5. The Morgan fingerprint density at radius 2 is 1.68 bits per heavy atom. The average molecular weight is 384 g/mol. The molecule has 4 aromatic rings. The number of hydrogen-bond donors (Lipinski definition) is 2. The standard InChI is InChI=1S/C19H15F3N6/c20-19(21,22)14-9-5-4-8-13(14)11-24-18-26-17(23)25-16-10-15(27-28(16)18)12-6-2-1-3-7-12/h1-10H,11H2,(H3,23,24,25,26). The van der Waals surface area contributed by atoms with Crippen LogP contribution in [0.1, 0.15) is 11.1 Å². The minimum absolute atomic E-state index is 0.00128. The van der Waals surface area contributed by atoms with Crippen LogP contribution in [0.15, 0.2) is 60.7 Å². The summed E-state index contributed by atoms with van der Waals surface area (Å²) in [4.78, 5) is 8.23. The molecule has 2 heterocycles. The Morgan fingerprint density at radius 1 is 0.964 bits per heavy atom. The van der Waals surface area contributed by atoms with Gasteiger partial charge in [-0.25, -0.2) is 0 Å². The molecule has 4 rings (SSSR count). The summed E-state index contributed by atoms with van der Waals surface area (Å²) in [6.07, 6.45) is -4.44. The predicted octanol–water partition coefficient (Wildman–Crippen LogP) is 4.00. The van der Waals surface area contributed by atoms with Gasteiger partial charge in [0.05, 0.1) is 11.3 Å². The molecule has 0 aliphatic rings. The highest BCUT2D eigenvalue weighted by molar-refractivity contribution is 5.65. The summed E-state index contributed by atoms with van der Waals surface area (Å²) in [5.74, 6) is 0.209. The van der Waals surface area contributed by atoms with Gasteiger partial charge < -0.3 is 11.1 Å². The number of aromatic nitrogens is 4. The number of nitrogens with two attached hydrogens (primary N) is 1. The van der Waals surface area contributed by atoms with Crippen LogP contribution in [0.4, 0.5) is 25.1 Å². The topological polar surface area (TPSA) is 81.1 Å². The highest BCUT2D eigenvalue weighted by Gasteiger charge is 2.32. The maximum atomic E-state index is 13.2. The minimum atomic E-state index is -4.44. The van der Waals surface area contributed by atoms with Crippen LogP contribution < -0.4 is 11.1 Å². The van der Waals surface area contributed by atoms with E-state index >= 15 is 0 Å². The molecule has 142 valence electrons. The molecule has 2 aromatic carbocycles. The number of nitrogens with one attached hydrogen (secondary N) is 1. The third-order valence-corrected chi connectivity index (χ3v) is 4.17. The number of halogens is 3. The zero-order valence-corrected chi connectivity index (χ0v) is 14.5. The van der Waals surface area contributed by atoms with Crippen LogP contribution in [0, 0.1) is 0 Å². The second kappa shape index (κ2) is 6.84. The van der Waals surface area contributed by atoms with Crippen molar-refractivity contribution in [1.82, 2.24) is 19.6 Å². The normalized spacial score (nSPS) is 11.7. The largest absolute Gasteiger partial charge is 0.416 e. The van der Waals surface area contributed by atoms with Gasteiger partial charge in [0.15, 0.2) is 5.65 Å². The van der Waals surface area contributed by atoms with Crippen LogP contribution >= 0.6 is 0 Å². The summed E-state index contributed by atoms with van der Waals surface area (Å²) >= 11 is 0. The monoisotopic (exact) mass is 384 g/mol. The number of rotatable bonds is 4. The van der Waals surface area contributed by atoms with Gasteiger partial charge in [-0.3, -0.25) is 0 Å². The Morgan fingerprint density at radius 3 is 2.43 bits per heavy atom. The molecule has 0 amide bonds. The third kappa shape index (κ3) is 3.46. The lowest BCUT2D eigenvalue weighted by Gasteiger charge is -2.14. The number of benzene rings is 2. The summed E-state index contributed by atoms with van der Waals surface area (Å²) in [6, 6.07) is 16.5. The van der Waals surface area contributed by atoms with E-state index in [1.165, 1.54) is 16.6 Å². The van der Waals surface area contributed by atoms with E-state index in [2.05, 4.69) is 20.4 Å². The van der Waals surface area contributed by atoms with Crippen LogP contribution in [0.3, 0.4) is 0 Å². The number of nitrogens with zero attached hydrogens (tertiary/aromatic N) is 4. The lowest BCUT2D eigenvalue weighted by atomic mass is 10.1. The van der Waals surface area contributed by atoms with Gasteiger partial charge in [-0.05, 0) is 11.6 Å². The summed E-state index contributed by atoms with van der Waals surface area (Å²) in [5.41, 5.74) is 7.12. The first-order chi connectivity index (χ1) is 13.4. The highest BCUT2D eigenvalue weighted by atomic mass is 19.4. The third-order valence-electron chi connectivity index (χ3n) is 4.17. The molecule has 0 aliphatic carbocycles. The van der Waals surface area contributed by atoms with E-state index in [-0.39, 0.29) is 24.0 Å². The van der Waals surface area contributed by atoms with Gasteiger partial charge in [0.1, 0.15) is 0 Å². The fourth-order valence-corrected chi connectivity index (χ4v) is 2.89. The molecule has 0 aliphatic heterocycles. The minimum Gasteiger partial charge on any atom is -0.368 e. The number of alkyl halides is 3. The lowest BCUT2D eigenvalue weighted by molar-refractivity contribution is -0.138. The van der Waals surface area contributed by atoms with Crippen molar-refractivity contribution in [3.63, 3.8) is 0 Å². The molecule has 6 nitrogen and oxygen atoms in total. The zero-order valence-electron chi connectivity index (χ0n) is 14.5. The fraction of sp³-hybridized carbons (Fsp3) is 0.105. The van der Waals surface area contributed by atoms with Crippen molar-refractivity contribution in [2.24, 2.45) is 0 Å². The second-order valence-corrected chi connectivity index (χ2v) is 6.08. The molecule has 0 radical (unpaired) electrons. The molecule has 0 unspecified atom stereocenters. The first-order valence-corrected chi connectivity index (χ1v) is 8.39. The van der Waals surface area contributed by atoms with E-state index in [9.17, 15) is 13.2 Å². The van der Waals surface area contributed by atoms with E-state index in [4.69, 9.17) is 5.73 Å². The molecule has 0 saturated heterocycles. The molecular weight excluding hydrogens is 369 g/mol. The molecule has 0 bridgehead atoms. The van der Waals surface area contributed by atoms with Crippen molar-refractivity contribution in [3.8, 4) is 11.3 Å². The van der Waals surface area contributed by atoms with E-state index in [0.717, 1.165) is 11.6 Å². The van der Waals surface area contributed by atoms with E-state index in [1.807, 2.05) is 30.3 Å². The van der Waals surface area contributed by atoms with Crippen LogP contribution in [-0.2, 0) is 12.7 Å². The number of nitrogen functional groups attached to an aromatic ring is 1. The van der Waals surface area contributed by atoms with Gasteiger partial charge in [-0.15, -0.1) is 0 Å². The van der Waals surface area contributed by atoms with Crippen molar-refractivity contribution in [1.29, 1.82) is 0 Å². The highest BCUT2D eigenvalue weighted by Crippen LogP contribution is 2.32. The van der Waals surface area contributed by atoms with E-state index in [1.54, 1.807) is 12.1 Å². The Balaban J connectivity index is 1.69. The smallest absolute Gasteiger partial charge is 0.368 e. The van der Waals surface area contributed by atoms with Crippen molar-refractivity contribution in [2.75, 3.05) is 11.1 Å². The number of anilines is 2. The van der Waals surface area contributed by atoms with Gasteiger partial charge in [0, 0.05) is 18.2 Å². The molecule has 0 atom stereocenters. The molecule has 0 fully saturated rings. The number of fused-ring (bicyclic) bond motifs is 1. The molecule has 0 spiro atoms. The molecule has 2 aromatic heterocycles. The molecule has 9 heteroatoms. The van der Waals surface area contributed by atoms with Crippen molar-refractivity contribution in [2.45, 2.75) is 12.7 Å². The van der Waals surface area contributed by atoms with E-state index < -0.39 is 11.7 Å². The summed E-state index contributed by atoms with van der Waals surface area (Å²) in [5, 5.41) is 7.35. The second-order valence-electron chi connectivity index (χ2n) is 6.08. The first kappa shape index (κ1) is 17.8. The fourth-order valence-electron chi connectivity index (χ4n) is 2.89. The van der Waals surface area contributed by atoms with Gasteiger partial charge in [0.25, 0.3) is 0 Å². The Bertz CT molecular complexity index is 1120. The van der Waals surface area contributed by atoms with Crippen LogP contribution in [0.2, 0.25) is 0 Å². The summed E-state index contributed by atoms with van der Waals surface area (Å²) < 4.78 is 41.0. The SMILES string of the molecule is Nc1nc(NCc2ccccc2C(F)(F)F)n2nc(-c3ccccc3)cc2n1. The van der Waals surface area contributed by atoms with E-state index in [0.29, 0.717) is 11.3 Å². The first-order valence-electron chi connectivity index (χ1n) is 8.39. The molecular formula is C19H15F3N6. The van der Waals surface area contributed by atoms with Crippen molar-refractivity contribution in [3.05, 3.63) is 71.8 Å². The molecule has 3 N–H and O–H groups in total. The molecule has 28 heavy (non-hydrogen) atoms. The van der Waals surface area contributed by atoms with Gasteiger partial charge in [-0.2, -0.15) is 32.8 Å². The Hall–Kier alpha value is -3.62. The zero-order chi connectivity index (χ0) is 19.7. The van der Waals surface area contributed by atoms with Gasteiger partial charge in [0.2, 0.25) is 11.9 Å². The maximum Gasteiger partial charge on any atom is 0.416 e. The predicted molar refractivity (Wildman–Crippen MR) is 99.4 cm³/mol. The Kier molecular flexibility index (Phi) is 4.34. The van der Waals surface area contributed by atoms with Crippen LogP contribution in [0.25, 0.3) is 16.9 Å². The van der Waals surface area contributed by atoms with Crippen LogP contribution in [-0.4, -0.2) is 19.6 Å². The van der Waals surface area contributed by atoms with Crippen LogP contribution in [0.5, 0.6) is 0 Å². The quantitative estimate of drug-likeness (QED) is 0.556. The Labute approximate surface area is 157 Å². The van der Waals surface area contributed by atoms with Crippen molar-refractivity contribution >= 4 is 17.5 Å². The van der Waals surface area contributed by atoms with Crippen molar-refractivity contribution < 1.29 is 13.2 Å². The maximum absolute atomic E-state index is 13.2. The van der Waals surface area contributed by atoms with Gasteiger partial charge in [-0.1, -0.05) is 48.5 Å². The van der Waals surface area contributed by atoms with Gasteiger partial charge >= 0.3 is 6.18 Å². The average Bonchev–Trinajstić information content (AvgIpc) is 3.10. The summed E-state index contributed by atoms with van der Waals surface area (Å²) in [6.45, 7) is -0.0955. The summed E-state index contributed by atoms with van der Waals surface area (Å²) in [7, 11) is 0.